The largest absolute Gasteiger partial charge is 0.325 e. The molecule has 0 aliphatic heterocycles. The highest BCUT2D eigenvalue weighted by atomic mass is 32.2. The van der Waals surface area contributed by atoms with Gasteiger partial charge in [-0.25, -0.2) is 4.98 Å². The Morgan fingerprint density at radius 2 is 1.93 bits per heavy atom. The summed E-state index contributed by atoms with van der Waals surface area (Å²) in [4.78, 5) is 17.1. The number of benzene rings is 1. The molecule has 1 amide bonds. The predicted octanol–water partition coefficient (Wildman–Crippen LogP) is 4.96. The molecule has 0 bridgehead atoms. The number of carbonyl (C=O) groups excluding carboxylic acids is 1. The number of rotatable bonds is 4. The van der Waals surface area contributed by atoms with Crippen LogP contribution in [-0.4, -0.2) is 16.6 Å². The fourth-order valence-electron chi connectivity index (χ4n) is 3.31. The van der Waals surface area contributed by atoms with Gasteiger partial charge in [0.2, 0.25) is 5.91 Å². The minimum atomic E-state index is -0.0827. The van der Waals surface area contributed by atoms with Gasteiger partial charge < -0.3 is 5.32 Å². The molecule has 1 aromatic heterocycles. The van der Waals surface area contributed by atoms with Crippen LogP contribution in [0.4, 0.5) is 5.69 Å². The van der Waals surface area contributed by atoms with Gasteiger partial charge in [-0.3, -0.25) is 4.79 Å². The van der Waals surface area contributed by atoms with Crippen molar-refractivity contribution in [3.05, 3.63) is 52.2 Å². The molecule has 0 radical (unpaired) electrons. The van der Waals surface area contributed by atoms with Crippen molar-refractivity contribution in [2.45, 2.75) is 57.4 Å². The second-order valence-electron chi connectivity index (χ2n) is 7.11. The number of carbonyl (C=O) groups is 1. The number of aromatic nitrogens is 1. The first-order valence-electron chi connectivity index (χ1n) is 9.49. The lowest BCUT2D eigenvalue weighted by atomic mass is 9.96. The minimum Gasteiger partial charge on any atom is -0.325 e. The first kappa shape index (κ1) is 19.4. The van der Waals surface area contributed by atoms with E-state index in [0.717, 1.165) is 42.6 Å². The average molecular weight is 380 g/mol. The summed E-state index contributed by atoms with van der Waals surface area (Å²) in [6.07, 6.45) is 6.74. The van der Waals surface area contributed by atoms with E-state index >= 15 is 0 Å². The van der Waals surface area contributed by atoms with Gasteiger partial charge in [-0.2, -0.15) is 5.26 Å². The van der Waals surface area contributed by atoms with Gasteiger partial charge >= 0.3 is 0 Å². The SMILES string of the molecule is Cc1ccc(NC(=O)CSc2nc3c(cc2C#N)CCCCCC3)cc1C. The van der Waals surface area contributed by atoms with E-state index in [1.54, 1.807) is 0 Å². The Balaban J connectivity index is 1.69. The molecule has 1 aromatic carbocycles. The number of anilines is 1. The maximum absolute atomic E-state index is 12.3. The number of nitriles is 1. The molecule has 4 nitrogen and oxygen atoms in total. The quantitative estimate of drug-likeness (QED) is 0.763. The van der Waals surface area contributed by atoms with Crippen molar-refractivity contribution >= 4 is 23.4 Å². The molecule has 0 fully saturated rings. The maximum atomic E-state index is 12.3. The smallest absolute Gasteiger partial charge is 0.234 e. The third-order valence-corrected chi connectivity index (χ3v) is 6.01. The summed E-state index contributed by atoms with van der Waals surface area (Å²) in [5.41, 5.74) is 6.04. The van der Waals surface area contributed by atoms with Crippen LogP contribution in [0.5, 0.6) is 0 Å². The molecular formula is C22H25N3OS. The Kier molecular flexibility index (Phi) is 6.52. The van der Waals surface area contributed by atoms with Gasteiger partial charge in [0.25, 0.3) is 0 Å². The topological polar surface area (TPSA) is 65.8 Å². The van der Waals surface area contributed by atoms with E-state index in [1.165, 1.54) is 35.7 Å². The average Bonchev–Trinajstić information content (AvgIpc) is 2.63. The van der Waals surface area contributed by atoms with Crippen molar-refractivity contribution in [2.75, 3.05) is 11.1 Å². The van der Waals surface area contributed by atoms with E-state index in [0.29, 0.717) is 10.6 Å². The molecule has 0 saturated heterocycles. The molecule has 27 heavy (non-hydrogen) atoms. The molecule has 0 unspecified atom stereocenters. The van der Waals surface area contributed by atoms with Crippen LogP contribution in [0.2, 0.25) is 0 Å². The van der Waals surface area contributed by atoms with Crippen molar-refractivity contribution in [1.29, 1.82) is 5.26 Å². The molecule has 1 aliphatic rings. The fraction of sp³-hybridized carbons (Fsp3) is 0.409. The summed E-state index contributed by atoms with van der Waals surface area (Å²) < 4.78 is 0. The summed E-state index contributed by atoms with van der Waals surface area (Å²) in [7, 11) is 0. The molecule has 0 saturated carbocycles. The first-order valence-corrected chi connectivity index (χ1v) is 10.5. The number of hydrogen-bond acceptors (Lipinski definition) is 4. The molecule has 5 heteroatoms. The van der Waals surface area contributed by atoms with Crippen molar-refractivity contribution in [3.63, 3.8) is 0 Å². The van der Waals surface area contributed by atoms with Crippen LogP contribution in [-0.2, 0) is 17.6 Å². The zero-order valence-corrected chi connectivity index (χ0v) is 16.8. The summed E-state index contributed by atoms with van der Waals surface area (Å²) in [6, 6.07) is 10.1. The van der Waals surface area contributed by atoms with Crippen LogP contribution in [0.1, 0.15) is 53.6 Å². The second kappa shape index (κ2) is 9.05. The number of amides is 1. The maximum Gasteiger partial charge on any atom is 0.234 e. The molecule has 2 aromatic rings. The van der Waals surface area contributed by atoms with E-state index in [4.69, 9.17) is 4.98 Å². The van der Waals surface area contributed by atoms with E-state index in [9.17, 15) is 10.1 Å². The van der Waals surface area contributed by atoms with Gasteiger partial charge in [-0.15, -0.1) is 0 Å². The number of thioether (sulfide) groups is 1. The summed E-state index contributed by atoms with van der Waals surface area (Å²) >= 11 is 1.35. The number of pyridine rings is 1. The lowest BCUT2D eigenvalue weighted by molar-refractivity contribution is -0.113. The number of nitrogens with one attached hydrogen (secondary N) is 1. The summed E-state index contributed by atoms with van der Waals surface area (Å²) in [5.74, 6) is 0.161. The van der Waals surface area contributed by atoms with Gasteiger partial charge in [0.05, 0.1) is 11.3 Å². The zero-order chi connectivity index (χ0) is 19.2. The van der Waals surface area contributed by atoms with E-state index in [2.05, 4.69) is 11.4 Å². The molecule has 3 rings (SSSR count). The van der Waals surface area contributed by atoms with E-state index in [-0.39, 0.29) is 11.7 Å². The molecule has 140 valence electrons. The summed E-state index contributed by atoms with van der Waals surface area (Å²) in [6.45, 7) is 4.08. The Morgan fingerprint density at radius 1 is 1.15 bits per heavy atom. The monoisotopic (exact) mass is 379 g/mol. The predicted molar refractivity (Wildman–Crippen MR) is 110 cm³/mol. The standard InChI is InChI=1S/C22H25N3OS/c1-15-9-10-19(11-16(15)2)24-21(26)14-27-22-18(13-23)12-17-7-5-3-4-6-8-20(17)25-22/h9-12H,3-8,14H2,1-2H3,(H,24,26). The van der Waals surface area contributed by atoms with Crippen LogP contribution >= 0.6 is 11.8 Å². The third kappa shape index (κ3) is 5.11. The number of hydrogen-bond donors (Lipinski definition) is 1. The molecular weight excluding hydrogens is 354 g/mol. The van der Waals surface area contributed by atoms with Crippen molar-refractivity contribution in [1.82, 2.24) is 4.98 Å². The van der Waals surface area contributed by atoms with E-state index < -0.39 is 0 Å². The molecule has 0 atom stereocenters. The van der Waals surface area contributed by atoms with Crippen LogP contribution in [0, 0.1) is 25.2 Å². The van der Waals surface area contributed by atoms with Gasteiger partial charge in [0.1, 0.15) is 11.1 Å². The molecule has 1 aliphatic carbocycles. The van der Waals surface area contributed by atoms with Crippen molar-refractivity contribution in [3.8, 4) is 6.07 Å². The Morgan fingerprint density at radius 3 is 2.67 bits per heavy atom. The normalized spacial score (nSPS) is 13.8. The highest BCUT2D eigenvalue weighted by molar-refractivity contribution is 8.00. The van der Waals surface area contributed by atoms with Crippen molar-refractivity contribution < 1.29 is 4.79 Å². The Hall–Kier alpha value is -2.32. The van der Waals surface area contributed by atoms with Crippen LogP contribution in [0.15, 0.2) is 29.3 Å². The van der Waals surface area contributed by atoms with Crippen molar-refractivity contribution in [2.24, 2.45) is 0 Å². The fourth-order valence-corrected chi connectivity index (χ4v) is 4.08. The van der Waals surface area contributed by atoms with Gasteiger partial charge in [0.15, 0.2) is 0 Å². The minimum absolute atomic E-state index is 0.0827. The third-order valence-electron chi connectivity index (χ3n) is 5.02. The summed E-state index contributed by atoms with van der Waals surface area (Å²) in [5, 5.41) is 13.1. The first-order chi connectivity index (χ1) is 13.1. The second-order valence-corrected chi connectivity index (χ2v) is 8.07. The lowest BCUT2D eigenvalue weighted by Gasteiger charge is -2.15. The lowest BCUT2D eigenvalue weighted by Crippen LogP contribution is -2.14. The molecule has 0 spiro atoms. The van der Waals surface area contributed by atoms with Gasteiger partial charge in [-0.1, -0.05) is 30.7 Å². The van der Waals surface area contributed by atoms with Gasteiger partial charge in [-0.05, 0) is 74.4 Å². The highest BCUT2D eigenvalue weighted by Crippen LogP contribution is 2.27. The number of fused-ring (bicyclic) bond motifs is 1. The van der Waals surface area contributed by atoms with Gasteiger partial charge in [0, 0.05) is 11.4 Å². The Labute approximate surface area is 165 Å². The number of nitrogens with zero attached hydrogens (tertiary/aromatic N) is 2. The van der Waals surface area contributed by atoms with E-state index in [1.807, 2.05) is 38.1 Å². The Bertz CT molecular complexity index is 886. The van der Waals surface area contributed by atoms with Crippen LogP contribution < -0.4 is 5.32 Å². The van der Waals surface area contributed by atoms with Crippen LogP contribution in [0.3, 0.4) is 0 Å². The van der Waals surface area contributed by atoms with Crippen LogP contribution in [0.25, 0.3) is 0 Å². The highest BCUT2D eigenvalue weighted by Gasteiger charge is 2.15. The molecule has 1 heterocycles. The zero-order valence-electron chi connectivity index (χ0n) is 16.0. The number of aryl methyl sites for hydroxylation is 4. The molecule has 1 N–H and O–H groups in total.